The largest absolute Gasteiger partial charge is 0.389 e. The van der Waals surface area contributed by atoms with Crippen molar-refractivity contribution in [3.8, 4) is 0 Å². The summed E-state index contributed by atoms with van der Waals surface area (Å²) in [4.78, 5) is 25.8. The van der Waals surface area contributed by atoms with Crippen LogP contribution in [0.25, 0.3) is 11.2 Å². The van der Waals surface area contributed by atoms with E-state index in [0.29, 0.717) is 36.4 Å². The van der Waals surface area contributed by atoms with Crippen molar-refractivity contribution in [2.24, 2.45) is 11.3 Å². The fourth-order valence-electron chi connectivity index (χ4n) is 5.44. The monoisotopic (exact) mass is 456 g/mol. The first-order chi connectivity index (χ1) is 15.4. The lowest BCUT2D eigenvalue weighted by Crippen LogP contribution is -2.55. The Labute approximate surface area is 189 Å². The topological polar surface area (TPSA) is 125 Å². The van der Waals surface area contributed by atoms with E-state index in [-0.39, 0.29) is 17.1 Å². The SMILES string of the molecule is CNC(=O)[C@@]12CC[C@@H]1[C@@H](n1cnc3c(NCc4cccc(C)c4)nc(Cl)nc31)[C@H](O)[C@@H]2O. The van der Waals surface area contributed by atoms with Gasteiger partial charge in [0.2, 0.25) is 11.2 Å². The summed E-state index contributed by atoms with van der Waals surface area (Å²) in [7, 11) is 1.55. The van der Waals surface area contributed by atoms with Gasteiger partial charge < -0.3 is 25.4 Å². The highest BCUT2D eigenvalue weighted by atomic mass is 35.5. The number of nitrogens with one attached hydrogen (secondary N) is 2. The summed E-state index contributed by atoms with van der Waals surface area (Å²) in [6, 6.07) is 7.58. The summed E-state index contributed by atoms with van der Waals surface area (Å²) in [6.07, 6.45) is 0.516. The average molecular weight is 457 g/mol. The Morgan fingerprint density at radius 3 is 2.84 bits per heavy atom. The van der Waals surface area contributed by atoms with Crippen LogP contribution in [0.1, 0.15) is 30.0 Å². The molecule has 0 aliphatic heterocycles. The van der Waals surface area contributed by atoms with Crippen molar-refractivity contribution < 1.29 is 15.0 Å². The smallest absolute Gasteiger partial charge is 0.229 e. The number of aliphatic hydroxyl groups excluding tert-OH is 2. The van der Waals surface area contributed by atoms with E-state index in [1.807, 2.05) is 25.1 Å². The minimum absolute atomic E-state index is 0.0465. The van der Waals surface area contributed by atoms with E-state index in [1.165, 1.54) is 0 Å². The lowest BCUT2D eigenvalue weighted by Gasteiger charge is -2.46. The van der Waals surface area contributed by atoms with Gasteiger partial charge >= 0.3 is 0 Å². The Morgan fingerprint density at radius 2 is 2.16 bits per heavy atom. The van der Waals surface area contributed by atoms with Crippen LogP contribution in [0, 0.1) is 18.3 Å². The summed E-state index contributed by atoms with van der Waals surface area (Å²) in [5.41, 5.74) is 2.21. The molecule has 2 fully saturated rings. The zero-order chi connectivity index (χ0) is 22.6. The quantitative estimate of drug-likeness (QED) is 0.431. The number of halogens is 1. The van der Waals surface area contributed by atoms with Crippen molar-refractivity contribution in [3.63, 3.8) is 0 Å². The maximum absolute atomic E-state index is 12.6. The number of amides is 1. The van der Waals surface area contributed by atoms with Crippen molar-refractivity contribution in [1.29, 1.82) is 0 Å². The van der Waals surface area contributed by atoms with Gasteiger partial charge in [-0.2, -0.15) is 9.97 Å². The molecular weight excluding hydrogens is 432 g/mol. The lowest BCUT2D eigenvalue weighted by molar-refractivity contribution is -0.151. The van der Waals surface area contributed by atoms with Gasteiger partial charge in [0.1, 0.15) is 6.10 Å². The van der Waals surface area contributed by atoms with Gasteiger partial charge in [0.25, 0.3) is 0 Å². The Balaban J connectivity index is 1.51. The van der Waals surface area contributed by atoms with Gasteiger partial charge in [0, 0.05) is 13.6 Å². The number of benzene rings is 1. The van der Waals surface area contributed by atoms with Crippen molar-refractivity contribution in [2.45, 2.75) is 44.6 Å². The van der Waals surface area contributed by atoms with E-state index in [4.69, 9.17) is 11.6 Å². The minimum Gasteiger partial charge on any atom is -0.389 e. The highest BCUT2D eigenvalue weighted by Gasteiger charge is 2.68. The van der Waals surface area contributed by atoms with Gasteiger partial charge in [-0.1, -0.05) is 29.8 Å². The molecule has 9 nitrogen and oxygen atoms in total. The minimum atomic E-state index is -1.17. The van der Waals surface area contributed by atoms with E-state index in [1.54, 1.807) is 17.9 Å². The highest BCUT2D eigenvalue weighted by Crippen LogP contribution is 2.62. The summed E-state index contributed by atoms with van der Waals surface area (Å²) >= 11 is 6.23. The third-order valence-electron chi connectivity index (χ3n) is 7.05. The molecule has 32 heavy (non-hydrogen) atoms. The van der Waals surface area contributed by atoms with Gasteiger partial charge in [0.15, 0.2) is 17.0 Å². The second-order valence-corrected chi connectivity index (χ2v) is 9.04. The van der Waals surface area contributed by atoms with E-state index in [2.05, 4.69) is 31.7 Å². The zero-order valence-corrected chi connectivity index (χ0v) is 18.5. The fourth-order valence-corrected chi connectivity index (χ4v) is 5.61. The Morgan fingerprint density at radius 1 is 1.34 bits per heavy atom. The van der Waals surface area contributed by atoms with Gasteiger partial charge in [-0.25, -0.2) is 4.98 Å². The summed E-state index contributed by atoms with van der Waals surface area (Å²) in [6.45, 7) is 2.57. The predicted octanol–water partition coefficient (Wildman–Crippen LogP) is 1.82. The number of carbonyl (C=O) groups is 1. The molecule has 0 unspecified atom stereocenters. The fraction of sp³-hybridized carbons (Fsp3) is 0.455. The van der Waals surface area contributed by atoms with Crippen LogP contribution >= 0.6 is 11.6 Å². The van der Waals surface area contributed by atoms with Crippen LogP contribution in [0.2, 0.25) is 5.28 Å². The van der Waals surface area contributed by atoms with Crippen LogP contribution in [0.4, 0.5) is 5.82 Å². The van der Waals surface area contributed by atoms with Crippen LogP contribution in [0.5, 0.6) is 0 Å². The maximum Gasteiger partial charge on any atom is 0.229 e. The summed E-state index contributed by atoms with van der Waals surface area (Å²) < 4.78 is 1.73. The molecule has 0 bridgehead atoms. The normalized spacial score (nSPS) is 28.9. The standard InChI is InChI=1S/C22H25ClN6O3/c1-11-4-3-5-12(8-11)9-25-18-14-19(28-21(23)27-18)29(10-26-14)15-13-6-7-22(13,20(32)24-2)17(31)16(15)30/h3-5,8,10,13,15-17,30-31H,6-7,9H2,1-2H3,(H,24,32)(H,25,27,28)/t13-,15-,16+,17+,22+/m1/s1. The van der Waals surface area contributed by atoms with Gasteiger partial charge in [-0.05, 0) is 42.8 Å². The predicted molar refractivity (Wildman–Crippen MR) is 119 cm³/mol. The molecule has 2 saturated carbocycles. The number of hydrogen-bond acceptors (Lipinski definition) is 7. The molecular formula is C22H25ClN6O3. The van der Waals surface area contributed by atoms with Gasteiger partial charge in [-0.3, -0.25) is 4.79 Å². The number of imidazole rings is 1. The molecule has 5 rings (SSSR count). The first-order valence-electron chi connectivity index (χ1n) is 10.6. The molecule has 4 N–H and O–H groups in total. The molecule has 1 amide bonds. The molecule has 2 aliphatic rings. The molecule has 0 radical (unpaired) electrons. The Bertz CT molecular complexity index is 1200. The number of rotatable bonds is 5. The number of aromatic nitrogens is 4. The van der Waals surface area contributed by atoms with Crippen LogP contribution in [0.3, 0.4) is 0 Å². The number of hydrogen-bond donors (Lipinski definition) is 4. The van der Waals surface area contributed by atoms with Crippen LogP contribution < -0.4 is 10.6 Å². The van der Waals surface area contributed by atoms with Gasteiger partial charge in [-0.15, -0.1) is 0 Å². The van der Waals surface area contributed by atoms with Crippen molar-refractivity contribution in [3.05, 3.63) is 47.0 Å². The van der Waals surface area contributed by atoms with E-state index in [9.17, 15) is 15.0 Å². The average Bonchev–Trinajstić information content (AvgIpc) is 3.23. The third kappa shape index (κ3) is 2.99. The Hall–Kier alpha value is -2.75. The summed E-state index contributed by atoms with van der Waals surface area (Å²) in [5.74, 6) is 0.00199. The van der Waals surface area contributed by atoms with E-state index < -0.39 is 23.7 Å². The van der Waals surface area contributed by atoms with Crippen molar-refractivity contribution >= 4 is 34.5 Å². The van der Waals surface area contributed by atoms with Crippen LogP contribution in [0.15, 0.2) is 30.6 Å². The molecule has 10 heteroatoms. The van der Waals surface area contributed by atoms with Crippen molar-refractivity contribution in [1.82, 2.24) is 24.8 Å². The lowest BCUT2D eigenvalue weighted by atomic mass is 9.59. The van der Waals surface area contributed by atoms with E-state index >= 15 is 0 Å². The third-order valence-corrected chi connectivity index (χ3v) is 7.22. The van der Waals surface area contributed by atoms with E-state index in [0.717, 1.165) is 11.1 Å². The number of carbonyl (C=O) groups excluding carboxylic acids is 1. The molecule has 0 spiro atoms. The second-order valence-electron chi connectivity index (χ2n) is 8.70. The molecule has 2 heterocycles. The van der Waals surface area contributed by atoms with Gasteiger partial charge in [0.05, 0.1) is 23.9 Å². The Kier molecular flexibility index (Phi) is 5.07. The molecule has 168 valence electrons. The first kappa shape index (κ1) is 21.1. The molecule has 0 saturated heterocycles. The highest BCUT2D eigenvalue weighted by molar-refractivity contribution is 6.28. The number of anilines is 1. The van der Waals surface area contributed by atoms with Crippen LogP contribution in [-0.2, 0) is 11.3 Å². The first-order valence-corrected chi connectivity index (χ1v) is 11.0. The number of fused-ring (bicyclic) bond motifs is 2. The molecule has 3 aromatic rings. The van der Waals surface area contributed by atoms with Crippen molar-refractivity contribution in [2.75, 3.05) is 12.4 Å². The number of nitrogens with zero attached hydrogens (tertiary/aromatic N) is 4. The molecule has 2 aromatic heterocycles. The summed E-state index contributed by atoms with van der Waals surface area (Å²) in [5, 5.41) is 27.7. The molecule has 1 aromatic carbocycles. The number of aryl methyl sites for hydroxylation is 1. The molecule has 5 atom stereocenters. The maximum atomic E-state index is 12.6. The molecule has 2 aliphatic carbocycles. The second kappa shape index (κ2) is 7.68. The zero-order valence-electron chi connectivity index (χ0n) is 17.8. The number of aliphatic hydroxyl groups is 2. The van der Waals surface area contributed by atoms with Crippen LogP contribution in [-0.4, -0.2) is 54.9 Å².